The predicted octanol–water partition coefficient (Wildman–Crippen LogP) is 2.31. The second-order valence-corrected chi connectivity index (χ2v) is 5.09. The van der Waals surface area contributed by atoms with Gasteiger partial charge in [-0.15, -0.1) is 0 Å². The highest BCUT2D eigenvalue weighted by molar-refractivity contribution is 5.80. The van der Waals surface area contributed by atoms with Gasteiger partial charge in [-0.3, -0.25) is 4.79 Å². The molecule has 0 aromatic heterocycles. The van der Waals surface area contributed by atoms with Gasteiger partial charge in [0.1, 0.15) is 11.9 Å². The van der Waals surface area contributed by atoms with Crippen LogP contribution in [-0.4, -0.2) is 31.2 Å². The van der Waals surface area contributed by atoms with E-state index >= 15 is 0 Å². The maximum absolute atomic E-state index is 12.9. The first-order chi connectivity index (χ1) is 9.65. The summed E-state index contributed by atoms with van der Waals surface area (Å²) in [5.41, 5.74) is 0.754. The largest absolute Gasteiger partial charge is 0.385 e. The number of carbonyl (C=O) groups is 1. The van der Waals surface area contributed by atoms with Crippen LogP contribution in [-0.2, 0) is 9.53 Å². The van der Waals surface area contributed by atoms with Crippen LogP contribution < -0.4 is 10.6 Å². The van der Waals surface area contributed by atoms with Gasteiger partial charge >= 0.3 is 0 Å². The van der Waals surface area contributed by atoms with Crippen LogP contribution >= 0.6 is 0 Å². The SMILES string of the molecule is C[C@@H]1CC[C@@H](C(=O)NCCCNc2cccc(F)c2)O1. The van der Waals surface area contributed by atoms with Gasteiger partial charge in [0, 0.05) is 18.8 Å². The lowest BCUT2D eigenvalue weighted by molar-refractivity contribution is -0.131. The lowest BCUT2D eigenvalue weighted by atomic mass is 10.2. The van der Waals surface area contributed by atoms with E-state index in [9.17, 15) is 9.18 Å². The summed E-state index contributed by atoms with van der Waals surface area (Å²) in [6.45, 7) is 3.26. The molecule has 0 spiro atoms. The molecular formula is C15H21FN2O2. The van der Waals surface area contributed by atoms with Gasteiger partial charge in [-0.1, -0.05) is 6.07 Å². The van der Waals surface area contributed by atoms with E-state index in [1.807, 2.05) is 13.0 Å². The van der Waals surface area contributed by atoms with E-state index < -0.39 is 0 Å². The monoisotopic (exact) mass is 280 g/mol. The molecule has 0 aliphatic carbocycles. The van der Waals surface area contributed by atoms with Crippen molar-refractivity contribution in [2.75, 3.05) is 18.4 Å². The molecule has 1 heterocycles. The zero-order valence-corrected chi connectivity index (χ0v) is 11.7. The van der Waals surface area contributed by atoms with Gasteiger partial charge in [0.2, 0.25) is 5.91 Å². The number of halogens is 1. The van der Waals surface area contributed by atoms with Crippen molar-refractivity contribution in [3.63, 3.8) is 0 Å². The molecule has 0 bridgehead atoms. The second-order valence-electron chi connectivity index (χ2n) is 5.09. The summed E-state index contributed by atoms with van der Waals surface area (Å²) in [4.78, 5) is 11.8. The molecule has 110 valence electrons. The van der Waals surface area contributed by atoms with E-state index in [-0.39, 0.29) is 23.9 Å². The van der Waals surface area contributed by atoms with Gasteiger partial charge in [0.25, 0.3) is 0 Å². The molecular weight excluding hydrogens is 259 g/mol. The zero-order valence-electron chi connectivity index (χ0n) is 11.7. The Hall–Kier alpha value is -1.62. The molecule has 1 fully saturated rings. The standard InChI is InChI=1S/C15H21FN2O2/c1-11-6-7-14(20-11)15(19)18-9-3-8-17-13-5-2-4-12(16)10-13/h2,4-5,10-11,14,17H,3,6-9H2,1H3,(H,18,19)/t11-,14+/m1/s1. The number of ether oxygens (including phenoxy) is 1. The number of nitrogens with one attached hydrogen (secondary N) is 2. The van der Waals surface area contributed by atoms with Gasteiger partial charge in [-0.2, -0.15) is 0 Å². The number of amides is 1. The molecule has 0 unspecified atom stereocenters. The summed E-state index contributed by atoms with van der Waals surface area (Å²) < 4.78 is 18.4. The minimum Gasteiger partial charge on any atom is -0.385 e. The predicted molar refractivity (Wildman–Crippen MR) is 76.1 cm³/mol. The third-order valence-corrected chi connectivity index (χ3v) is 3.33. The highest BCUT2D eigenvalue weighted by Gasteiger charge is 2.27. The van der Waals surface area contributed by atoms with Crippen LogP contribution in [0.25, 0.3) is 0 Å². The van der Waals surface area contributed by atoms with Crippen LogP contribution in [0.3, 0.4) is 0 Å². The summed E-state index contributed by atoms with van der Waals surface area (Å²) >= 11 is 0. The Balaban J connectivity index is 1.58. The Kier molecular flexibility index (Phi) is 5.35. The van der Waals surface area contributed by atoms with Crippen molar-refractivity contribution in [3.05, 3.63) is 30.1 Å². The smallest absolute Gasteiger partial charge is 0.249 e. The summed E-state index contributed by atoms with van der Waals surface area (Å²) in [6.07, 6.45) is 2.42. The van der Waals surface area contributed by atoms with E-state index in [1.54, 1.807) is 6.07 Å². The van der Waals surface area contributed by atoms with Crippen molar-refractivity contribution in [1.29, 1.82) is 0 Å². The third kappa shape index (κ3) is 4.49. The van der Waals surface area contributed by atoms with Gasteiger partial charge in [0.05, 0.1) is 6.10 Å². The molecule has 1 aliphatic rings. The first-order valence-electron chi connectivity index (χ1n) is 7.08. The fraction of sp³-hybridized carbons (Fsp3) is 0.533. The maximum atomic E-state index is 12.9. The summed E-state index contributed by atoms with van der Waals surface area (Å²) in [5, 5.41) is 5.98. The van der Waals surface area contributed by atoms with Crippen LogP contribution in [0.2, 0.25) is 0 Å². The number of rotatable bonds is 6. The molecule has 0 saturated carbocycles. The van der Waals surface area contributed by atoms with Crippen molar-refractivity contribution in [3.8, 4) is 0 Å². The average Bonchev–Trinajstić information content (AvgIpc) is 2.85. The van der Waals surface area contributed by atoms with Gasteiger partial charge < -0.3 is 15.4 Å². The zero-order chi connectivity index (χ0) is 14.4. The Morgan fingerprint density at radius 3 is 2.95 bits per heavy atom. The second kappa shape index (κ2) is 7.24. The van der Waals surface area contributed by atoms with Crippen LogP contribution in [0.1, 0.15) is 26.2 Å². The molecule has 2 atom stereocenters. The summed E-state index contributed by atoms with van der Waals surface area (Å²) in [6, 6.07) is 6.34. The van der Waals surface area contributed by atoms with Crippen LogP contribution in [0.5, 0.6) is 0 Å². The van der Waals surface area contributed by atoms with Crippen LogP contribution in [0, 0.1) is 5.82 Å². The Morgan fingerprint density at radius 2 is 2.25 bits per heavy atom. The molecule has 1 amide bonds. The van der Waals surface area contributed by atoms with Crippen molar-refractivity contribution < 1.29 is 13.9 Å². The van der Waals surface area contributed by atoms with E-state index in [2.05, 4.69) is 10.6 Å². The molecule has 2 N–H and O–H groups in total. The summed E-state index contributed by atoms with van der Waals surface area (Å²) in [5.74, 6) is -0.282. The molecule has 1 aromatic carbocycles. The number of hydrogen-bond acceptors (Lipinski definition) is 3. The highest BCUT2D eigenvalue weighted by atomic mass is 19.1. The molecule has 2 rings (SSSR count). The minimum absolute atomic E-state index is 0.0277. The first-order valence-corrected chi connectivity index (χ1v) is 7.08. The molecule has 0 radical (unpaired) electrons. The lowest BCUT2D eigenvalue weighted by Gasteiger charge is -2.12. The van der Waals surface area contributed by atoms with Gasteiger partial charge in [0.15, 0.2) is 0 Å². The normalized spacial score (nSPS) is 21.7. The number of carbonyl (C=O) groups excluding carboxylic acids is 1. The first kappa shape index (κ1) is 14.8. The Morgan fingerprint density at radius 1 is 1.40 bits per heavy atom. The van der Waals surface area contributed by atoms with E-state index in [0.717, 1.165) is 24.9 Å². The van der Waals surface area contributed by atoms with Gasteiger partial charge in [-0.05, 0) is 44.4 Å². The van der Waals surface area contributed by atoms with E-state index in [4.69, 9.17) is 4.74 Å². The number of benzene rings is 1. The van der Waals surface area contributed by atoms with Crippen LogP contribution in [0.15, 0.2) is 24.3 Å². The third-order valence-electron chi connectivity index (χ3n) is 3.33. The van der Waals surface area contributed by atoms with Gasteiger partial charge in [-0.25, -0.2) is 4.39 Å². The van der Waals surface area contributed by atoms with Crippen molar-refractivity contribution in [2.24, 2.45) is 0 Å². The van der Waals surface area contributed by atoms with Crippen LogP contribution in [0.4, 0.5) is 10.1 Å². The fourth-order valence-electron chi connectivity index (χ4n) is 2.24. The summed E-state index contributed by atoms with van der Waals surface area (Å²) in [7, 11) is 0. The van der Waals surface area contributed by atoms with E-state index in [0.29, 0.717) is 13.1 Å². The quantitative estimate of drug-likeness (QED) is 0.786. The van der Waals surface area contributed by atoms with Crippen molar-refractivity contribution in [2.45, 2.75) is 38.4 Å². The van der Waals surface area contributed by atoms with Crippen molar-refractivity contribution in [1.82, 2.24) is 5.32 Å². The highest BCUT2D eigenvalue weighted by Crippen LogP contribution is 2.18. The fourth-order valence-corrected chi connectivity index (χ4v) is 2.24. The number of hydrogen-bond donors (Lipinski definition) is 2. The number of anilines is 1. The molecule has 1 saturated heterocycles. The Bertz CT molecular complexity index is 453. The average molecular weight is 280 g/mol. The van der Waals surface area contributed by atoms with Crippen molar-refractivity contribution >= 4 is 11.6 Å². The molecule has 5 heteroatoms. The minimum atomic E-state index is -0.291. The molecule has 20 heavy (non-hydrogen) atoms. The molecule has 4 nitrogen and oxygen atoms in total. The molecule has 1 aliphatic heterocycles. The lowest BCUT2D eigenvalue weighted by Crippen LogP contribution is -2.35. The van der Waals surface area contributed by atoms with E-state index in [1.165, 1.54) is 12.1 Å². The Labute approximate surface area is 118 Å². The topological polar surface area (TPSA) is 50.4 Å². The molecule has 1 aromatic rings. The maximum Gasteiger partial charge on any atom is 0.249 e.